The molecule has 1 heterocycles. The maximum atomic E-state index is 11.6. The second-order valence-corrected chi connectivity index (χ2v) is 8.16. The predicted octanol–water partition coefficient (Wildman–Crippen LogP) is 4.18. The molecular weight excluding hydrogens is 382 g/mol. The summed E-state index contributed by atoms with van der Waals surface area (Å²) < 4.78 is 10.9. The molecule has 1 aliphatic rings. The van der Waals surface area contributed by atoms with Gasteiger partial charge in [-0.05, 0) is 29.3 Å². The van der Waals surface area contributed by atoms with Crippen LogP contribution >= 0.6 is 23.4 Å². The van der Waals surface area contributed by atoms with E-state index in [1.165, 1.54) is 7.11 Å². The van der Waals surface area contributed by atoms with Crippen LogP contribution in [0, 0.1) is 0 Å². The molecule has 1 aliphatic heterocycles. The van der Waals surface area contributed by atoms with E-state index in [0.717, 1.165) is 58.6 Å². The highest BCUT2D eigenvalue weighted by molar-refractivity contribution is 7.99. The number of esters is 1. The van der Waals surface area contributed by atoms with Crippen molar-refractivity contribution < 1.29 is 14.3 Å². The minimum absolute atomic E-state index is 0.231. The first-order chi connectivity index (χ1) is 13.1. The highest BCUT2D eigenvalue weighted by atomic mass is 35.5. The van der Waals surface area contributed by atoms with E-state index in [1.807, 2.05) is 48.2 Å². The maximum Gasteiger partial charge on any atom is 0.309 e. The smallest absolute Gasteiger partial charge is 0.309 e. The molecule has 4 nitrogen and oxygen atoms in total. The first-order valence-electron chi connectivity index (χ1n) is 9.00. The number of benzene rings is 2. The van der Waals surface area contributed by atoms with Gasteiger partial charge in [0, 0.05) is 41.7 Å². The van der Waals surface area contributed by atoms with Gasteiger partial charge in [-0.25, -0.2) is 0 Å². The highest BCUT2D eigenvalue weighted by Gasteiger charge is 2.15. The zero-order valence-electron chi connectivity index (χ0n) is 15.4. The molecule has 144 valence electrons. The Morgan fingerprint density at radius 2 is 1.81 bits per heavy atom. The standard InChI is InChI=1S/C21H24ClNO3S/c1-25-21(24)13-17-4-7-20(26-15-16-2-5-19(22)6-3-16)18(12-17)14-23-8-10-27-11-9-23/h2-7,12H,8-11,13-15H2,1H3. The minimum atomic E-state index is -0.231. The van der Waals surface area contributed by atoms with Gasteiger partial charge in [0.25, 0.3) is 0 Å². The second-order valence-electron chi connectivity index (χ2n) is 6.50. The van der Waals surface area contributed by atoms with Crippen LogP contribution in [0.5, 0.6) is 5.75 Å². The van der Waals surface area contributed by atoms with E-state index < -0.39 is 0 Å². The van der Waals surface area contributed by atoms with Crippen molar-refractivity contribution >= 4 is 29.3 Å². The normalized spacial score (nSPS) is 14.7. The minimum Gasteiger partial charge on any atom is -0.489 e. The number of carbonyl (C=O) groups is 1. The van der Waals surface area contributed by atoms with Crippen molar-refractivity contribution in [3.8, 4) is 5.75 Å². The van der Waals surface area contributed by atoms with E-state index in [1.54, 1.807) is 0 Å². The molecule has 0 saturated carbocycles. The largest absolute Gasteiger partial charge is 0.489 e. The predicted molar refractivity (Wildman–Crippen MR) is 111 cm³/mol. The molecule has 6 heteroatoms. The molecule has 2 aromatic carbocycles. The van der Waals surface area contributed by atoms with Gasteiger partial charge >= 0.3 is 5.97 Å². The van der Waals surface area contributed by atoms with Crippen LogP contribution in [0.15, 0.2) is 42.5 Å². The number of hydrogen-bond acceptors (Lipinski definition) is 5. The second kappa shape index (κ2) is 10.0. The van der Waals surface area contributed by atoms with Crippen molar-refractivity contribution in [1.82, 2.24) is 4.90 Å². The number of methoxy groups -OCH3 is 1. The first-order valence-corrected chi connectivity index (χ1v) is 10.5. The fourth-order valence-electron chi connectivity index (χ4n) is 2.99. The van der Waals surface area contributed by atoms with E-state index in [0.29, 0.717) is 6.61 Å². The fraction of sp³-hybridized carbons (Fsp3) is 0.381. The number of halogens is 1. The van der Waals surface area contributed by atoms with Gasteiger partial charge in [0.15, 0.2) is 0 Å². The van der Waals surface area contributed by atoms with Crippen LogP contribution in [0.4, 0.5) is 0 Å². The van der Waals surface area contributed by atoms with Crippen molar-refractivity contribution in [2.24, 2.45) is 0 Å². The van der Waals surface area contributed by atoms with Crippen molar-refractivity contribution in [2.45, 2.75) is 19.6 Å². The summed E-state index contributed by atoms with van der Waals surface area (Å²) in [5.74, 6) is 2.94. The summed E-state index contributed by atoms with van der Waals surface area (Å²) in [5, 5.41) is 0.717. The molecular formula is C21H24ClNO3S. The quantitative estimate of drug-likeness (QED) is 0.646. The SMILES string of the molecule is COC(=O)Cc1ccc(OCc2ccc(Cl)cc2)c(CN2CCSCC2)c1. The van der Waals surface area contributed by atoms with Crippen LogP contribution in [-0.4, -0.2) is 42.6 Å². The summed E-state index contributed by atoms with van der Waals surface area (Å²) in [5.41, 5.74) is 3.12. The third-order valence-corrected chi connectivity index (χ3v) is 5.70. The van der Waals surface area contributed by atoms with Crippen LogP contribution in [0.2, 0.25) is 5.02 Å². The van der Waals surface area contributed by atoms with Gasteiger partial charge in [-0.15, -0.1) is 0 Å². The molecule has 0 spiro atoms. The molecule has 1 saturated heterocycles. The van der Waals surface area contributed by atoms with E-state index >= 15 is 0 Å². The van der Waals surface area contributed by atoms with Gasteiger partial charge in [0.05, 0.1) is 13.5 Å². The summed E-state index contributed by atoms with van der Waals surface area (Å²) in [6.45, 7) is 3.45. The third kappa shape index (κ3) is 6.16. The molecule has 0 aliphatic carbocycles. The Hall–Kier alpha value is -1.69. The lowest BCUT2D eigenvalue weighted by atomic mass is 10.1. The van der Waals surface area contributed by atoms with Gasteiger partial charge in [0.1, 0.15) is 12.4 Å². The summed E-state index contributed by atoms with van der Waals surface area (Å²) >= 11 is 7.94. The zero-order chi connectivity index (χ0) is 19.1. The lowest BCUT2D eigenvalue weighted by molar-refractivity contribution is -0.139. The molecule has 3 rings (SSSR count). The number of ether oxygens (including phenoxy) is 2. The number of rotatable bonds is 7. The summed E-state index contributed by atoms with van der Waals surface area (Å²) in [6.07, 6.45) is 0.275. The number of hydrogen-bond donors (Lipinski definition) is 0. The molecule has 2 aromatic rings. The molecule has 0 radical (unpaired) electrons. The third-order valence-electron chi connectivity index (χ3n) is 4.51. The Morgan fingerprint density at radius 1 is 1.11 bits per heavy atom. The van der Waals surface area contributed by atoms with Gasteiger partial charge in [-0.1, -0.05) is 35.9 Å². The van der Waals surface area contributed by atoms with Crippen LogP contribution in [0.3, 0.4) is 0 Å². The highest BCUT2D eigenvalue weighted by Crippen LogP contribution is 2.25. The summed E-state index contributed by atoms with van der Waals surface area (Å²) in [6, 6.07) is 13.6. The Balaban J connectivity index is 1.74. The Morgan fingerprint density at radius 3 is 2.52 bits per heavy atom. The lowest BCUT2D eigenvalue weighted by Crippen LogP contribution is -2.32. The summed E-state index contributed by atoms with van der Waals surface area (Å²) in [7, 11) is 1.41. The molecule has 0 unspecified atom stereocenters. The average molecular weight is 406 g/mol. The van der Waals surface area contributed by atoms with Gasteiger partial charge < -0.3 is 9.47 Å². The van der Waals surface area contributed by atoms with Crippen molar-refractivity contribution in [3.63, 3.8) is 0 Å². The van der Waals surface area contributed by atoms with E-state index in [4.69, 9.17) is 21.1 Å². The maximum absolute atomic E-state index is 11.6. The Bertz CT molecular complexity index is 761. The molecule has 0 atom stereocenters. The number of thioether (sulfide) groups is 1. The van der Waals surface area contributed by atoms with Crippen molar-refractivity contribution in [2.75, 3.05) is 31.7 Å². The van der Waals surface area contributed by atoms with Crippen molar-refractivity contribution in [3.05, 3.63) is 64.2 Å². The molecule has 1 fully saturated rings. The van der Waals surface area contributed by atoms with Crippen LogP contribution < -0.4 is 4.74 Å². The average Bonchev–Trinajstić information content (AvgIpc) is 2.69. The Labute approximate surface area is 169 Å². The lowest BCUT2D eigenvalue weighted by Gasteiger charge is -2.27. The Kier molecular flexibility index (Phi) is 7.44. The topological polar surface area (TPSA) is 38.8 Å². The zero-order valence-corrected chi connectivity index (χ0v) is 17.0. The fourth-order valence-corrected chi connectivity index (χ4v) is 4.09. The van der Waals surface area contributed by atoms with E-state index in [2.05, 4.69) is 11.0 Å². The van der Waals surface area contributed by atoms with Gasteiger partial charge in [0.2, 0.25) is 0 Å². The van der Waals surface area contributed by atoms with Gasteiger partial charge in [-0.3, -0.25) is 9.69 Å². The molecule has 0 aromatic heterocycles. The molecule has 0 bridgehead atoms. The van der Waals surface area contributed by atoms with Crippen molar-refractivity contribution in [1.29, 1.82) is 0 Å². The van der Waals surface area contributed by atoms with Crippen LogP contribution in [0.25, 0.3) is 0 Å². The molecule has 0 amide bonds. The number of carbonyl (C=O) groups excluding carboxylic acids is 1. The van der Waals surface area contributed by atoms with E-state index in [-0.39, 0.29) is 12.4 Å². The van der Waals surface area contributed by atoms with Crippen LogP contribution in [0.1, 0.15) is 16.7 Å². The monoisotopic (exact) mass is 405 g/mol. The molecule has 0 N–H and O–H groups in total. The number of nitrogens with zero attached hydrogens (tertiary/aromatic N) is 1. The van der Waals surface area contributed by atoms with Crippen LogP contribution in [-0.2, 0) is 29.1 Å². The summed E-state index contributed by atoms with van der Waals surface area (Å²) in [4.78, 5) is 14.1. The van der Waals surface area contributed by atoms with Gasteiger partial charge in [-0.2, -0.15) is 11.8 Å². The van der Waals surface area contributed by atoms with E-state index in [9.17, 15) is 4.79 Å². The molecule has 27 heavy (non-hydrogen) atoms. The first kappa shape index (κ1) is 20.1.